The van der Waals surface area contributed by atoms with Gasteiger partial charge in [0.05, 0.1) is 42.0 Å². The van der Waals surface area contributed by atoms with E-state index in [9.17, 15) is 68.7 Å². The molecule has 24 nitrogen and oxygen atoms in total. The molecule has 0 bridgehead atoms. The van der Waals surface area contributed by atoms with Crippen LogP contribution in [0.4, 0.5) is 10.5 Å². The number of rotatable bonds is 25. The zero-order valence-electron chi connectivity index (χ0n) is 46.3. The van der Waals surface area contributed by atoms with Gasteiger partial charge in [-0.15, -0.1) is 0 Å². The Labute approximate surface area is 482 Å². The fraction of sp³-hybridized carbons (Fsp3) is 0.417. The van der Waals surface area contributed by atoms with Crippen LogP contribution in [0.1, 0.15) is 125 Å². The quantitative estimate of drug-likeness (QED) is 0.0228. The lowest BCUT2D eigenvalue weighted by atomic mass is 9.72. The number of imide groups is 1. The number of carbonyl (C=O) groups is 9. The van der Waals surface area contributed by atoms with Crippen LogP contribution in [0.5, 0.6) is 17.2 Å². The highest BCUT2D eigenvalue weighted by Crippen LogP contribution is 2.52. The van der Waals surface area contributed by atoms with Gasteiger partial charge in [0.2, 0.25) is 23.5 Å². The van der Waals surface area contributed by atoms with E-state index in [1.165, 1.54) is 44.4 Å². The third-order valence-electron chi connectivity index (χ3n) is 15.4. The van der Waals surface area contributed by atoms with Gasteiger partial charge in [0.15, 0.2) is 17.9 Å². The molecule has 4 aliphatic rings. The Balaban J connectivity index is 0.880. The lowest BCUT2D eigenvalue weighted by molar-refractivity contribution is -0.249. The first kappa shape index (κ1) is 61.7. The van der Waals surface area contributed by atoms with Crippen molar-refractivity contribution >= 4 is 58.7 Å². The maximum absolute atomic E-state index is 14.1. The van der Waals surface area contributed by atoms with E-state index >= 15 is 0 Å². The number of carbonyl (C=O) groups excluding carboxylic acids is 9. The number of methoxy groups -OCH3 is 1. The number of benzene rings is 4. The summed E-state index contributed by atoms with van der Waals surface area (Å²) < 4.78 is 23.1. The summed E-state index contributed by atoms with van der Waals surface area (Å²) in [5.74, 6) is -6.59. The summed E-state index contributed by atoms with van der Waals surface area (Å²) >= 11 is 0. The van der Waals surface area contributed by atoms with E-state index in [2.05, 4.69) is 21.3 Å². The Morgan fingerprint density at radius 1 is 0.810 bits per heavy atom. The number of hydrogen-bond acceptors (Lipinski definition) is 19. The van der Waals surface area contributed by atoms with Crippen LogP contribution in [-0.4, -0.2) is 152 Å². The third kappa shape index (κ3) is 14.0. The topological polar surface area (TPSA) is 369 Å². The molecule has 0 spiro atoms. The lowest BCUT2D eigenvalue weighted by Gasteiger charge is -2.42. The summed E-state index contributed by atoms with van der Waals surface area (Å²) in [4.78, 5) is 120. The minimum atomic E-state index is -2.41. The highest BCUT2D eigenvalue weighted by Gasteiger charge is 2.50. The van der Waals surface area contributed by atoms with Gasteiger partial charge in [-0.25, -0.2) is 4.79 Å². The Kier molecular flexibility index (Phi) is 20.1. The van der Waals surface area contributed by atoms with E-state index in [4.69, 9.17) is 24.7 Å². The minimum absolute atomic E-state index is 0.0258. The SMILES string of the molecule is COc1cccc2c1C(=O)c1c(O)c3c(c(O)c1C2=O)C[C@@](O)(C(=O)CO)C[C@@H]3O[C@H]1C[C@H](NC(=O)OCc2ccc(NC(=O)[C@H](CCCCN)NC(=O)[C@H](Cc3ccccc3)NC(=O)CCCCCN3C(=O)C=CC3=O)cc2)[C@H](O)[C@H](C)O1. The molecular weight excluding hydrogens is 1090 g/mol. The average molecular weight is 1160 g/mol. The first-order valence-electron chi connectivity index (χ1n) is 27.7. The number of nitrogens with zero attached hydrogens (tertiary/aromatic N) is 1. The van der Waals surface area contributed by atoms with Gasteiger partial charge >= 0.3 is 6.09 Å². The number of unbranched alkanes of at least 4 members (excludes halogenated alkanes) is 3. The highest BCUT2D eigenvalue weighted by molar-refractivity contribution is 6.31. The van der Waals surface area contributed by atoms with Crippen molar-refractivity contribution in [1.82, 2.24) is 20.9 Å². The van der Waals surface area contributed by atoms with Crippen molar-refractivity contribution < 1.29 is 87.6 Å². The number of aliphatic hydroxyl groups excluding tert-OH is 2. The molecule has 8 rings (SSSR count). The molecule has 2 heterocycles. The third-order valence-corrected chi connectivity index (χ3v) is 15.4. The average Bonchev–Trinajstić information content (AvgIpc) is 1.06. The molecule has 6 amide bonds. The van der Waals surface area contributed by atoms with Gasteiger partial charge in [0.25, 0.3) is 11.8 Å². The molecule has 4 aromatic rings. The molecule has 2 aliphatic heterocycles. The number of aromatic hydroxyl groups is 2. The summed E-state index contributed by atoms with van der Waals surface area (Å²) in [6.45, 7) is 0.659. The summed E-state index contributed by atoms with van der Waals surface area (Å²) in [5, 5.41) is 67.4. The zero-order chi connectivity index (χ0) is 60.4. The fourth-order valence-corrected chi connectivity index (χ4v) is 10.9. The van der Waals surface area contributed by atoms with Crippen molar-refractivity contribution in [3.05, 3.63) is 129 Å². The minimum Gasteiger partial charge on any atom is -0.507 e. The van der Waals surface area contributed by atoms with Crippen LogP contribution < -0.4 is 31.7 Å². The van der Waals surface area contributed by atoms with E-state index in [-0.39, 0.29) is 84.6 Å². The van der Waals surface area contributed by atoms with Crippen molar-refractivity contribution in [2.24, 2.45) is 5.73 Å². The number of aliphatic hydroxyl groups is 3. The number of nitrogens with one attached hydrogen (secondary N) is 4. The molecule has 24 heteroatoms. The van der Waals surface area contributed by atoms with Crippen molar-refractivity contribution in [2.45, 2.75) is 132 Å². The number of Topliss-reactive ketones (excluding diaryl/α,β-unsaturated/α-hetero) is 1. The van der Waals surface area contributed by atoms with Gasteiger partial charge in [0, 0.05) is 73.2 Å². The first-order valence-corrected chi connectivity index (χ1v) is 27.7. The van der Waals surface area contributed by atoms with Crippen LogP contribution in [0, 0.1) is 0 Å². The Morgan fingerprint density at radius 2 is 1.52 bits per heavy atom. The molecule has 84 heavy (non-hydrogen) atoms. The molecule has 0 saturated carbocycles. The van der Waals surface area contributed by atoms with Crippen LogP contribution in [0.25, 0.3) is 0 Å². The number of phenolic OH excluding ortho intramolecular Hbond substituents is 2. The van der Waals surface area contributed by atoms with Crippen LogP contribution in [-0.2, 0) is 62.4 Å². The van der Waals surface area contributed by atoms with E-state index in [0.717, 1.165) is 10.5 Å². The predicted molar refractivity (Wildman–Crippen MR) is 297 cm³/mol. The summed E-state index contributed by atoms with van der Waals surface area (Å²) in [6, 6.07) is 16.4. The Morgan fingerprint density at radius 3 is 2.21 bits per heavy atom. The summed E-state index contributed by atoms with van der Waals surface area (Å²) in [5.41, 5.74) is 2.97. The molecule has 4 aromatic carbocycles. The molecule has 11 N–H and O–H groups in total. The molecule has 1 fully saturated rings. The summed E-state index contributed by atoms with van der Waals surface area (Å²) in [7, 11) is 1.29. The molecule has 0 aromatic heterocycles. The smallest absolute Gasteiger partial charge is 0.407 e. The van der Waals surface area contributed by atoms with Crippen LogP contribution >= 0.6 is 0 Å². The van der Waals surface area contributed by atoms with Gasteiger partial charge in [-0.2, -0.15) is 0 Å². The van der Waals surface area contributed by atoms with Gasteiger partial charge in [-0.05, 0) is 74.9 Å². The van der Waals surface area contributed by atoms with E-state index in [1.807, 2.05) is 18.2 Å². The maximum atomic E-state index is 14.1. The van der Waals surface area contributed by atoms with E-state index in [0.29, 0.717) is 49.9 Å². The Hall–Kier alpha value is -8.39. The molecular formula is C60H68N6O18. The van der Waals surface area contributed by atoms with Crippen molar-refractivity contribution in [1.29, 1.82) is 0 Å². The monoisotopic (exact) mass is 1160 g/mol. The van der Waals surface area contributed by atoms with Gasteiger partial charge in [0.1, 0.15) is 54.3 Å². The molecule has 0 radical (unpaired) electrons. The fourth-order valence-electron chi connectivity index (χ4n) is 10.9. The van der Waals surface area contributed by atoms with Crippen molar-refractivity contribution in [2.75, 3.05) is 32.1 Å². The lowest BCUT2D eigenvalue weighted by Crippen LogP contribution is -2.56. The van der Waals surface area contributed by atoms with E-state index < -0.39 is 126 Å². The number of nitrogens with two attached hydrogens (primary N) is 1. The molecule has 0 unspecified atom stereocenters. The normalized spacial score (nSPS) is 21.4. The number of phenols is 2. The molecule has 446 valence electrons. The number of ketones is 3. The second-order valence-electron chi connectivity index (χ2n) is 21.1. The first-order chi connectivity index (χ1) is 40.2. The highest BCUT2D eigenvalue weighted by atomic mass is 16.7. The van der Waals surface area contributed by atoms with Gasteiger partial charge in [-0.3, -0.25) is 43.3 Å². The maximum Gasteiger partial charge on any atom is 0.407 e. The zero-order valence-corrected chi connectivity index (χ0v) is 46.3. The predicted octanol–water partition coefficient (Wildman–Crippen LogP) is 2.73. The summed E-state index contributed by atoms with van der Waals surface area (Å²) in [6.07, 6.45) is -2.41. The van der Waals surface area contributed by atoms with Gasteiger partial charge in [-0.1, -0.05) is 61.0 Å². The van der Waals surface area contributed by atoms with Crippen LogP contribution in [0.3, 0.4) is 0 Å². The second kappa shape index (κ2) is 27.3. The Bertz CT molecular complexity index is 3190. The standard InChI is InChI=1S/C60H68N6O18/c1-32-52(72)39(27-47(83-32)84-42-29-60(80,43(68)30-67)28-37-49(42)56(76)51-50(54(37)74)53(73)36-14-11-16-41(81-2)48(36)55(51)75)65-59(79)82-31-34-18-20-35(21-19-34)62-57(77)38(15-8-9-24-61)64-58(78)40(26-33-12-5-3-6-13-33)63-44(69)17-7-4-10-25-66-45(70)22-23-46(66)71/h3,5-6,11-14,16,18-23,32,38-40,42,47,52,67,72,74,76,80H,4,7-10,15,17,24-31,61H2,1-2H3,(H,62,77)(H,63,69)(H,64,78)(H,65,79)/t32-,38-,39-,40-,42-,47-,52+,60-/m0/s1. The molecule has 2 aliphatic carbocycles. The van der Waals surface area contributed by atoms with Crippen molar-refractivity contribution in [3.63, 3.8) is 0 Å². The number of alkyl carbamates (subject to hydrolysis) is 1. The van der Waals surface area contributed by atoms with Crippen LogP contribution in [0.2, 0.25) is 0 Å². The van der Waals surface area contributed by atoms with Crippen LogP contribution in [0.15, 0.2) is 84.9 Å². The van der Waals surface area contributed by atoms with Crippen molar-refractivity contribution in [3.8, 4) is 17.2 Å². The van der Waals surface area contributed by atoms with E-state index in [1.54, 1.807) is 36.4 Å². The number of ether oxygens (including phenoxy) is 4. The number of fused-ring (bicyclic) bond motifs is 3. The number of anilines is 1. The number of amides is 6. The largest absolute Gasteiger partial charge is 0.507 e. The van der Waals surface area contributed by atoms with Gasteiger partial charge < -0.3 is 71.5 Å². The molecule has 1 saturated heterocycles. The molecule has 8 atom stereocenters. The second-order valence-corrected chi connectivity index (χ2v) is 21.1. The number of hydrogen-bond donors (Lipinski definition) is 10.